The van der Waals surface area contributed by atoms with Crippen molar-refractivity contribution in [3.8, 4) is 11.5 Å². The SMILES string of the molecule is Cc1cc(NC(=O)COC(=O)[C@H]2CC(=O)N(c3ccc(Oc4cccc5ccccc45)cc3)C2)cc(C)c1Br. The molecular formula is C31H27BrN2O5. The Labute approximate surface area is 234 Å². The number of esters is 1. The molecule has 1 saturated heterocycles. The van der Waals surface area contributed by atoms with Gasteiger partial charge in [-0.25, -0.2) is 0 Å². The lowest BCUT2D eigenvalue weighted by Gasteiger charge is -2.17. The predicted octanol–water partition coefficient (Wildman–Crippen LogP) is 6.55. The molecule has 0 bridgehead atoms. The lowest BCUT2D eigenvalue weighted by molar-refractivity contribution is -0.151. The van der Waals surface area contributed by atoms with E-state index in [0.29, 0.717) is 17.1 Å². The van der Waals surface area contributed by atoms with Crippen molar-refractivity contribution in [2.75, 3.05) is 23.4 Å². The van der Waals surface area contributed by atoms with Gasteiger partial charge in [0.15, 0.2) is 6.61 Å². The molecule has 4 aromatic carbocycles. The number of nitrogens with one attached hydrogen (secondary N) is 1. The first kappa shape index (κ1) is 26.4. The fourth-order valence-electron chi connectivity index (χ4n) is 4.69. The Bertz CT molecular complexity index is 1540. The number of carbonyl (C=O) groups excluding carboxylic acids is 3. The maximum atomic E-state index is 12.7. The van der Waals surface area contributed by atoms with Crippen LogP contribution in [0.25, 0.3) is 10.8 Å². The van der Waals surface area contributed by atoms with E-state index in [1.807, 2.05) is 68.4 Å². The van der Waals surface area contributed by atoms with Gasteiger partial charge in [0.05, 0.1) is 5.92 Å². The van der Waals surface area contributed by atoms with Crippen molar-refractivity contribution >= 4 is 55.9 Å². The van der Waals surface area contributed by atoms with Crippen molar-refractivity contribution in [1.82, 2.24) is 0 Å². The van der Waals surface area contributed by atoms with Crippen LogP contribution in [0.2, 0.25) is 0 Å². The molecule has 0 aromatic heterocycles. The number of nitrogens with zero attached hydrogens (tertiary/aromatic N) is 1. The number of benzene rings is 4. The van der Waals surface area contributed by atoms with E-state index in [0.717, 1.165) is 32.1 Å². The number of hydrogen-bond donors (Lipinski definition) is 1. The van der Waals surface area contributed by atoms with Crippen LogP contribution in [0.4, 0.5) is 11.4 Å². The average molecular weight is 587 g/mol. The van der Waals surface area contributed by atoms with Gasteiger partial charge in [-0.1, -0.05) is 52.3 Å². The predicted molar refractivity (Wildman–Crippen MR) is 154 cm³/mol. The first-order valence-corrected chi connectivity index (χ1v) is 13.4. The summed E-state index contributed by atoms with van der Waals surface area (Å²) in [7, 11) is 0. The van der Waals surface area contributed by atoms with Gasteiger partial charge in [-0.3, -0.25) is 14.4 Å². The molecular weight excluding hydrogens is 560 g/mol. The van der Waals surface area contributed by atoms with Gasteiger partial charge in [-0.15, -0.1) is 0 Å². The van der Waals surface area contributed by atoms with Gasteiger partial charge in [-0.05, 0) is 72.8 Å². The average Bonchev–Trinajstić information content (AvgIpc) is 3.32. The molecule has 4 aromatic rings. The van der Waals surface area contributed by atoms with Gasteiger partial charge in [0, 0.05) is 34.2 Å². The highest BCUT2D eigenvalue weighted by atomic mass is 79.9. The molecule has 1 atom stereocenters. The fraction of sp³-hybridized carbons (Fsp3) is 0.194. The van der Waals surface area contributed by atoms with E-state index in [9.17, 15) is 14.4 Å². The van der Waals surface area contributed by atoms with Crippen molar-refractivity contribution in [1.29, 1.82) is 0 Å². The summed E-state index contributed by atoms with van der Waals surface area (Å²) in [6.07, 6.45) is 0.0276. The Morgan fingerprint density at radius 3 is 2.41 bits per heavy atom. The molecule has 1 aliphatic rings. The van der Waals surface area contributed by atoms with Crippen LogP contribution in [0, 0.1) is 19.8 Å². The third-order valence-electron chi connectivity index (χ3n) is 6.65. The lowest BCUT2D eigenvalue weighted by Crippen LogP contribution is -2.28. The minimum Gasteiger partial charge on any atom is -0.457 e. The Morgan fingerprint density at radius 2 is 1.67 bits per heavy atom. The summed E-state index contributed by atoms with van der Waals surface area (Å²) in [5.74, 6) is -0.443. The van der Waals surface area contributed by atoms with Crippen molar-refractivity contribution in [2.24, 2.45) is 5.92 Å². The van der Waals surface area contributed by atoms with E-state index in [1.165, 1.54) is 0 Å². The largest absolute Gasteiger partial charge is 0.457 e. The third kappa shape index (κ3) is 5.96. The topological polar surface area (TPSA) is 84.9 Å². The van der Waals surface area contributed by atoms with Gasteiger partial charge in [-0.2, -0.15) is 0 Å². The molecule has 2 amide bonds. The smallest absolute Gasteiger partial charge is 0.311 e. The second-order valence-electron chi connectivity index (χ2n) is 9.56. The molecule has 8 heteroatoms. The second-order valence-corrected chi connectivity index (χ2v) is 10.4. The summed E-state index contributed by atoms with van der Waals surface area (Å²) in [6.45, 7) is 3.63. The number of amides is 2. The highest BCUT2D eigenvalue weighted by Crippen LogP contribution is 2.32. The molecule has 1 aliphatic heterocycles. The zero-order valence-electron chi connectivity index (χ0n) is 21.6. The molecule has 0 saturated carbocycles. The summed E-state index contributed by atoms with van der Waals surface area (Å²) in [5.41, 5.74) is 3.27. The molecule has 0 radical (unpaired) electrons. The lowest BCUT2D eigenvalue weighted by atomic mass is 10.1. The van der Waals surface area contributed by atoms with E-state index in [-0.39, 0.29) is 18.9 Å². The molecule has 198 valence electrons. The van der Waals surface area contributed by atoms with Crippen LogP contribution in [0.15, 0.2) is 83.3 Å². The first-order chi connectivity index (χ1) is 18.8. The van der Waals surface area contributed by atoms with Crippen LogP contribution in [-0.4, -0.2) is 30.9 Å². The molecule has 1 heterocycles. The van der Waals surface area contributed by atoms with E-state index >= 15 is 0 Å². The number of rotatable bonds is 7. The Hall–Kier alpha value is -4.17. The number of anilines is 2. The van der Waals surface area contributed by atoms with Gasteiger partial charge < -0.3 is 19.7 Å². The zero-order chi connectivity index (χ0) is 27.5. The number of carbonyl (C=O) groups is 3. The Kier molecular flexibility index (Phi) is 7.65. The Balaban J connectivity index is 1.16. The van der Waals surface area contributed by atoms with Gasteiger partial charge in [0.2, 0.25) is 5.91 Å². The van der Waals surface area contributed by atoms with Crippen molar-refractivity contribution in [3.05, 3.63) is 94.5 Å². The minimum atomic E-state index is -0.644. The molecule has 1 N–H and O–H groups in total. The number of aryl methyl sites for hydroxylation is 2. The maximum Gasteiger partial charge on any atom is 0.311 e. The van der Waals surface area contributed by atoms with Crippen LogP contribution in [0.3, 0.4) is 0 Å². The second kappa shape index (κ2) is 11.3. The van der Waals surface area contributed by atoms with E-state index in [4.69, 9.17) is 9.47 Å². The first-order valence-electron chi connectivity index (χ1n) is 12.6. The molecule has 0 unspecified atom stereocenters. The highest BCUT2D eigenvalue weighted by Gasteiger charge is 2.36. The number of fused-ring (bicyclic) bond motifs is 1. The quantitative estimate of drug-likeness (QED) is 0.248. The van der Waals surface area contributed by atoms with Gasteiger partial charge >= 0.3 is 5.97 Å². The zero-order valence-corrected chi connectivity index (χ0v) is 23.2. The summed E-state index contributed by atoms with van der Waals surface area (Å²) in [5, 5.41) is 4.84. The summed E-state index contributed by atoms with van der Waals surface area (Å²) in [6, 6.07) is 24.7. The van der Waals surface area contributed by atoms with Crippen molar-refractivity contribution in [3.63, 3.8) is 0 Å². The summed E-state index contributed by atoms with van der Waals surface area (Å²) in [4.78, 5) is 39.2. The molecule has 5 rings (SSSR count). The Morgan fingerprint density at radius 1 is 0.974 bits per heavy atom. The van der Waals surface area contributed by atoms with Crippen LogP contribution in [0.5, 0.6) is 11.5 Å². The minimum absolute atomic E-state index is 0.0276. The van der Waals surface area contributed by atoms with E-state index < -0.39 is 24.4 Å². The van der Waals surface area contributed by atoms with Crippen molar-refractivity contribution in [2.45, 2.75) is 20.3 Å². The molecule has 0 spiro atoms. The van der Waals surface area contributed by atoms with Crippen LogP contribution in [0.1, 0.15) is 17.5 Å². The normalized spacial score (nSPS) is 14.9. The fourth-order valence-corrected chi connectivity index (χ4v) is 4.92. The van der Waals surface area contributed by atoms with Crippen molar-refractivity contribution < 1.29 is 23.9 Å². The van der Waals surface area contributed by atoms with Crippen LogP contribution < -0.4 is 15.0 Å². The molecule has 0 aliphatic carbocycles. The van der Waals surface area contributed by atoms with E-state index in [1.54, 1.807) is 29.2 Å². The maximum absolute atomic E-state index is 12.7. The monoisotopic (exact) mass is 586 g/mol. The standard InChI is InChI=1S/C31H27BrN2O5/c1-19-14-23(15-20(2)30(19)32)33-28(35)18-38-31(37)22-16-29(36)34(17-22)24-10-12-25(13-11-24)39-27-9-5-7-21-6-3-4-8-26(21)27/h3-15,22H,16-18H2,1-2H3,(H,33,35)/t22-/m0/s1. The number of hydrogen-bond acceptors (Lipinski definition) is 5. The van der Waals surface area contributed by atoms with Gasteiger partial charge in [0.1, 0.15) is 11.5 Å². The molecule has 39 heavy (non-hydrogen) atoms. The van der Waals surface area contributed by atoms with Crippen LogP contribution in [-0.2, 0) is 19.1 Å². The number of halogens is 1. The number of ether oxygens (including phenoxy) is 2. The molecule has 7 nitrogen and oxygen atoms in total. The highest BCUT2D eigenvalue weighted by molar-refractivity contribution is 9.10. The van der Waals surface area contributed by atoms with Crippen LogP contribution >= 0.6 is 15.9 Å². The van der Waals surface area contributed by atoms with Gasteiger partial charge in [0.25, 0.3) is 5.91 Å². The summed E-state index contributed by atoms with van der Waals surface area (Å²) < 4.78 is 12.3. The molecule has 1 fully saturated rings. The van der Waals surface area contributed by atoms with E-state index in [2.05, 4.69) is 21.2 Å². The third-order valence-corrected chi connectivity index (χ3v) is 7.90. The summed E-state index contributed by atoms with van der Waals surface area (Å²) >= 11 is 3.50.